The topological polar surface area (TPSA) is 45.5 Å². The number of rotatable bonds is 6. The van der Waals surface area contributed by atoms with Crippen molar-refractivity contribution in [3.05, 3.63) is 66.0 Å². The van der Waals surface area contributed by atoms with E-state index >= 15 is 0 Å². The van der Waals surface area contributed by atoms with Crippen LogP contribution in [-0.2, 0) is 18.6 Å². The minimum absolute atomic E-state index is 0.850. The number of aromatic amines is 1. The van der Waals surface area contributed by atoms with E-state index in [1.54, 1.807) is 34.9 Å². The molecule has 0 atom stereocenters. The van der Waals surface area contributed by atoms with Crippen molar-refractivity contribution in [3.8, 4) is 0 Å². The molecule has 0 spiro atoms. The first-order valence-electron chi connectivity index (χ1n) is 7.88. The summed E-state index contributed by atoms with van der Waals surface area (Å²) in [5.41, 5.74) is 3.69. The third-order valence-electron chi connectivity index (χ3n) is 3.87. The molecule has 0 aliphatic heterocycles. The molecule has 0 unspecified atom stereocenters. The molecular formula is C18H17N4S3+. The molecule has 4 rings (SSSR count). The van der Waals surface area contributed by atoms with Crippen LogP contribution in [0.4, 0.5) is 0 Å². The minimum atomic E-state index is 0.850. The Morgan fingerprint density at radius 1 is 0.920 bits per heavy atom. The van der Waals surface area contributed by atoms with Gasteiger partial charge < -0.3 is 0 Å². The smallest absolute Gasteiger partial charge is 0.240 e. The zero-order chi connectivity index (χ0) is 17.1. The predicted molar refractivity (Wildman–Crippen MR) is 105 cm³/mol. The van der Waals surface area contributed by atoms with Crippen LogP contribution < -0.4 is 4.57 Å². The average Bonchev–Trinajstić information content (AvgIpc) is 3.24. The number of H-pyrrole nitrogens is 1. The van der Waals surface area contributed by atoms with Gasteiger partial charge in [-0.05, 0) is 17.7 Å². The molecule has 0 amide bonds. The third kappa shape index (κ3) is 3.89. The minimum Gasteiger partial charge on any atom is -0.240 e. The second-order valence-corrected chi connectivity index (χ2v) is 8.97. The Labute approximate surface area is 158 Å². The highest BCUT2D eigenvalue weighted by atomic mass is 32.2. The number of aryl methyl sites for hydroxylation is 1. The molecule has 7 heteroatoms. The summed E-state index contributed by atoms with van der Waals surface area (Å²) in [6.07, 6.45) is 0. The average molecular weight is 386 g/mol. The maximum atomic E-state index is 4.31. The molecule has 0 radical (unpaired) electrons. The van der Waals surface area contributed by atoms with Gasteiger partial charge in [-0.1, -0.05) is 77.3 Å². The number of hydrogen-bond acceptors (Lipinski definition) is 5. The summed E-state index contributed by atoms with van der Waals surface area (Å²) >= 11 is 5.13. The quantitative estimate of drug-likeness (QED) is 0.394. The first-order chi connectivity index (χ1) is 12.3. The van der Waals surface area contributed by atoms with E-state index < -0.39 is 0 Å². The largest absolute Gasteiger partial charge is 0.265 e. The highest BCUT2D eigenvalue weighted by Crippen LogP contribution is 2.31. The number of nitrogens with one attached hydrogen (secondary N) is 1. The van der Waals surface area contributed by atoms with Gasteiger partial charge in [-0.3, -0.25) is 0 Å². The SMILES string of the molecule is C[n+]1c(CSc2nnc(SCc3ccccc3)s2)[nH]c2ccccc21. The number of aromatic nitrogens is 4. The van der Waals surface area contributed by atoms with Crippen molar-refractivity contribution in [1.82, 2.24) is 15.2 Å². The van der Waals surface area contributed by atoms with Crippen molar-refractivity contribution in [2.75, 3.05) is 0 Å². The van der Waals surface area contributed by atoms with Crippen molar-refractivity contribution in [2.45, 2.75) is 20.2 Å². The van der Waals surface area contributed by atoms with Crippen LogP contribution in [0, 0.1) is 0 Å². The number of thioether (sulfide) groups is 2. The van der Waals surface area contributed by atoms with Crippen LogP contribution in [0.1, 0.15) is 11.4 Å². The van der Waals surface area contributed by atoms with Crippen LogP contribution in [0.25, 0.3) is 11.0 Å². The summed E-state index contributed by atoms with van der Waals surface area (Å²) in [7, 11) is 2.09. The molecule has 0 saturated heterocycles. The van der Waals surface area contributed by atoms with E-state index in [0.29, 0.717) is 0 Å². The fraction of sp³-hybridized carbons (Fsp3) is 0.167. The zero-order valence-corrected chi connectivity index (χ0v) is 16.1. The van der Waals surface area contributed by atoms with E-state index in [1.807, 2.05) is 6.07 Å². The number of fused-ring (bicyclic) bond motifs is 1. The van der Waals surface area contributed by atoms with Crippen LogP contribution in [0.2, 0.25) is 0 Å². The van der Waals surface area contributed by atoms with Crippen molar-refractivity contribution in [3.63, 3.8) is 0 Å². The van der Waals surface area contributed by atoms with Gasteiger partial charge in [0.1, 0.15) is 5.75 Å². The maximum Gasteiger partial charge on any atom is 0.265 e. The van der Waals surface area contributed by atoms with E-state index in [4.69, 9.17) is 0 Å². The van der Waals surface area contributed by atoms with Gasteiger partial charge in [-0.15, -0.1) is 10.2 Å². The van der Waals surface area contributed by atoms with Crippen LogP contribution in [0.5, 0.6) is 0 Å². The number of nitrogens with zero attached hydrogens (tertiary/aromatic N) is 3. The van der Waals surface area contributed by atoms with Crippen LogP contribution in [0.3, 0.4) is 0 Å². The van der Waals surface area contributed by atoms with Gasteiger partial charge in [-0.25, -0.2) is 9.55 Å². The Morgan fingerprint density at radius 2 is 1.60 bits per heavy atom. The van der Waals surface area contributed by atoms with E-state index in [1.165, 1.54) is 16.9 Å². The van der Waals surface area contributed by atoms with Gasteiger partial charge in [0.25, 0.3) is 5.82 Å². The van der Waals surface area contributed by atoms with Gasteiger partial charge >= 0.3 is 0 Å². The number of benzene rings is 2. The number of hydrogen-bond donors (Lipinski definition) is 1. The van der Waals surface area contributed by atoms with E-state index in [-0.39, 0.29) is 0 Å². The lowest BCUT2D eigenvalue weighted by atomic mass is 10.2. The van der Waals surface area contributed by atoms with Crippen molar-refractivity contribution >= 4 is 45.9 Å². The summed E-state index contributed by atoms with van der Waals surface area (Å²) in [6, 6.07) is 18.8. The predicted octanol–water partition coefficient (Wildman–Crippen LogP) is 4.43. The normalized spacial score (nSPS) is 11.2. The maximum absolute atomic E-state index is 4.31. The Balaban J connectivity index is 1.38. The molecule has 0 aliphatic carbocycles. The molecule has 2 aromatic heterocycles. The molecular weight excluding hydrogens is 368 g/mol. The Kier molecular flexibility index (Phi) is 5.05. The molecule has 4 nitrogen and oxygen atoms in total. The highest BCUT2D eigenvalue weighted by molar-refractivity contribution is 8.02. The van der Waals surface area contributed by atoms with Gasteiger partial charge in [0.05, 0.1) is 7.05 Å². The fourth-order valence-corrected chi connectivity index (χ4v) is 5.53. The van der Waals surface area contributed by atoms with E-state index in [2.05, 4.69) is 75.3 Å². The summed E-state index contributed by atoms with van der Waals surface area (Å²) in [6.45, 7) is 0. The standard InChI is InChI=1S/C18H16N4S3/c1-22-15-10-6-5-9-14(15)19-16(22)12-24-18-21-20-17(25-18)23-11-13-7-3-2-4-8-13/h2-10H,11-12H2,1H3/p+1. The highest BCUT2D eigenvalue weighted by Gasteiger charge is 2.16. The van der Waals surface area contributed by atoms with Crippen LogP contribution in [0.15, 0.2) is 63.3 Å². The Bertz CT molecular complexity index is 978. The summed E-state index contributed by atoms with van der Waals surface area (Å²) < 4.78 is 4.23. The lowest BCUT2D eigenvalue weighted by Crippen LogP contribution is -2.31. The third-order valence-corrected chi connectivity index (χ3v) is 7.15. The molecule has 2 aromatic carbocycles. The number of para-hydroxylation sites is 2. The first kappa shape index (κ1) is 16.6. The van der Waals surface area contributed by atoms with Gasteiger partial charge in [0.15, 0.2) is 19.7 Å². The summed E-state index contributed by atoms with van der Waals surface area (Å²) in [4.78, 5) is 3.48. The number of imidazole rings is 1. The van der Waals surface area contributed by atoms with E-state index in [0.717, 1.165) is 25.7 Å². The summed E-state index contributed by atoms with van der Waals surface area (Å²) in [5.74, 6) is 2.96. The monoisotopic (exact) mass is 385 g/mol. The van der Waals surface area contributed by atoms with Gasteiger partial charge in [-0.2, -0.15) is 0 Å². The van der Waals surface area contributed by atoms with Crippen molar-refractivity contribution in [1.29, 1.82) is 0 Å². The Hall–Kier alpha value is -1.83. The molecule has 2 heterocycles. The van der Waals surface area contributed by atoms with E-state index in [9.17, 15) is 0 Å². The molecule has 0 fully saturated rings. The molecule has 0 aliphatic rings. The summed E-state index contributed by atoms with van der Waals surface area (Å²) in [5, 5.41) is 8.62. The fourth-order valence-electron chi connectivity index (χ4n) is 2.55. The second-order valence-electron chi connectivity index (χ2n) is 5.54. The van der Waals surface area contributed by atoms with Gasteiger partial charge in [0.2, 0.25) is 0 Å². The molecule has 4 aromatic rings. The molecule has 126 valence electrons. The Morgan fingerprint density at radius 3 is 2.36 bits per heavy atom. The molecule has 1 N–H and O–H groups in total. The van der Waals surface area contributed by atoms with Crippen LogP contribution >= 0.6 is 34.9 Å². The van der Waals surface area contributed by atoms with Crippen molar-refractivity contribution < 1.29 is 4.57 Å². The molecule has 25 heavy (non-hydrogen) atoms. The van der Waals surface area contributed by atoms with Crippen molar-refractivity contribution in [2.24, 2.45) is 7.05 Å². The second kappa shape index (κ2) is 7.59. The molecule has 0 bridgehead atoms. The zero-order valence-electron chi connectivity index (χ0n) is 13.7. The van der Waals surface area contributed by atoms with Gasteiger partial charge in [0, 0.05) is 5.75 Å². The molecule has 0 saturated carbocycles. The first-order valence-corrected chi connectivity index (χ1v) is 10.7. The van der Waals surface area contributed by atoms with Crippen LogP contribution in [-0.4, -0.2) is 15.2 Å². The lowest BCUT2D eigenvalue weighted by Gasteiger charge is -1.96. The lowest BCUT2D eigenvalue weighted by molar-refractivity contribution is -0.651.